The van der Waals surface area contributed by atoms with E-state index in [1.807, 2.05) is 6.07 Å². The van der Waals surface area contributed by atoms with E-state index in [-0.39, 0.29) is 23.4 Å². The first kappa shape index (κ1) is 21.5. The topological polar surface area (TPSA) is 29.5 Å². The number of nitrogens with zero attached hydrogens (tertiary/aromatic N) is 1. The molecule has 0 saturated carbocycles. The molecule has 0 spiro atoms. The summed E-state index contributed by atoms with van der Waals surface area (Å²) in [4.78, 5) is 14.7. The number of para-hydroxylation sites is 1. The van der Waals surface area contributed by atoms with Crippen molar-refractivity contribution in [2.45, 2.75) is 6.61 Å². The summed E-state index contributed by atoms with van der Waals surface area (Å²) < 4.78 is 33.5. The van der Waals surface area contributed by atoms with Crippen LogP contribution in [0, 0.1) is 11.6 Å². The summed E-state index contributed by atoms with van der Waals surface area (Å²) in [6.07, 6.45) is 1.67. The molecular weight excluding hydrogens is 460 g/mol. The Kier molecular flexibility index (Phi) is 6.36. The Labute approximate surface area is 192 Å². The highest BCUT2D eigenvalue weighted by atomic mass is 35.5. The van der Waals surface area contributed by atoms with Crippen molar-refractivity contribution in [1.82, 2.24) is 0 Å². The number of rotatable bonds is 5. The lowest BCUT2D eigenvalue weighted by Gasteiger charge is -2.15. The Morgan fingerprint density at radius 2 is 1.77 bits per heavy atom. The minimum Gasteiger partial charge on any atom is -0.488 e. The minimum absolute atomic E-state index is 0.0482. The van der Waals surface area contributed by atoms with Crippen LogP contribution < -0.4 is 9.64 Å². The predicted molar refractivity (Wildman–Crippen MR) is 124 cm³/mol. The number of benzene rings is 3. The van der Waals surface area contributed by atoms with Crippen LogP contribution >= 0.6 is 35.6 Å². The van der Waals surface area contributed by atoms with Crippen molar-refractivity contribution in [3.63, 3.8) is 0 Å². The van der Waals surface area contributed by atoms with E-state index in [4.69, 9.17) is 28.6 Å². The number of halogens is 3. The predicted octanol–water partition coefficient (Wildman–Crippen LogP) is 6.60. The second kappa shape index (κ2) is 9.18. The molecule has 0 bridgehead atoms. The fourth-order valence-electron chi connectivity index (χ4n) is 2.96. The van der Waals surface area contributed by atoms with Crippen LogP contribution in [0.15, 0.2) is 71.6 Å². The van der Waals surface area contributed by atoms with E-state index < -0.39 is 5.82 Å². The lowest BCUT2D eigenvalue weighted by atomic mass is 10.1. The SMILES string of the molecule is O=C1/C(=C\c2ccccc2OCc2ccccc2F)SC(=S)N1c1ccc(F)c(Cl)c1. The van der Waals surface area contributed by atoms with Gasteiger partial charge >= 0.3 is 0 Å². The largest absolute Gasteiger partial charge is 0.488 e. The van der Waals surface area contributed by atoms with Crippen molar-refractivity contribution in [3.05, 3.63) is 99.4 Å². The van der Waals surface area contributed by atoms with E-state index in [1.54, 1.807) is 42.5 Å². The smallest absolute Gasteiger partial charge is 0.270 e. The Morgan fingerprint density at radius 1 is 1.03 bits per heavy atom. The third-order valence-electron chi connectivity index (χ3n) is 4.50. The van der Waals surface area contributed by atoms with Crippen LogP contribution in [0.4, 0.5) is 14.5 Å². The fourth-order valence-corrected chi connectivity index (χ4v) is 4.42. The monoisotopic (exact) mass is 473 g/mol. The van der Waals surface area contributed by atoms with Gasteiger partial charge in [-0.05, 0) is 36.4 Å². The first-order valence-electron chi connectivity index (χ1n) is 9.12. The molecule has 0 N–H and O–H groups in total. The average Bonchev–Trinajstić information content (AvgIpc) is 3.03. The van der Waals surface area contributed by atoms with Gasteiger partial charge in [-0.3, -0.25) is 9.69 Å². The molecule has 3 nitrogen and oxygen atoms in total. The third kappa shape index (κ3) is 4.63. The molecule has 156 valence electrons. The molecule has 0 atom stereocenters. The molecular formula is C23H14ClF2NO2S2. The average molecular weight is 474 g/mol. The highest BCUT2D eigenvalue weighted by Crippen LogP contribution is 2.38. The zero-order valence-electron chi connectivity index (χ0n) is 15.8. The number of carbonyl (C=O) groups excluding carboxylic acids is 1. The fraction of sp³-hybridized carbons (Fsp3) is 0.0435. The van der Waals surface area contributed by atoms with Gasteiger partial charge in [0.15, 0.2) is 4.32 Å². The minimum atomic E-state index is -0.577. The molecule has 1 heterocycles. The van der Waals surface area contributed by atoms with E-state index in [2.05, 4.69) is 0 Å². The van der Waals surface area contributed by atoms with Gasteiger partial charge in [0.2, 0.25) is 0 Å². The maximum absolute atomic E-state index is 13.9. The Hall–Kier alpha value is -2.74. The van der Waals surface area contributed by atoms with Crippen LogP contribution in [0.5, 0.6) is 5.75 Å². The van der Waals surface area contributed by atoms with Crippen molar-refractivity contribution >= 4 is 57.6 Å². The van der Waals surface area contributed by atoms with Gasteiger partial charge in [0.25, 0.3) is 5.91 Å². The van der Waals surface area contributed by atoms with Crippen LogP contribution in [0.2, 0.25) is 5.02 Å². The Balaban J connectivity index is 1.59. The number of thioether (sulfide) groups is 1. The Bertz CT molecular complexity index is 1220. The first-order valence-corrected chi connectivity index (χ1v) is 10.7. The first-order chi connectivity index (χ1) is 14.9. The molecule has 1 aliphatic heterocycles. The van der Waals surface area contributed by atoms with E-state index >= 15 is 0 Å². The van der Waals surface area contributed by atoms with E-state index in [1.165, 1.54) is 29.2 Å². The number of thiocarbonyl (C=S) groups is 1. The Morgan fingerprint density at radius 3 is 2.55 bits per heavy atom. The normalized spacial score (nSPS) is 15.1. The molecule has 4 rings (SSSR count). The number of hydrogen-bond donors (Lipinski definition) is 0. The second-order valence-electron chi connectivity index (χ2n) is 6.53. The van der Waals surface area contributed by atoms with E-state index in [9.17, 15) is 13.6 Å². The maximum Gasteiger partial charge on any atom is 0.270 e. The van der Waals surface area contributed by atoms with Crippen molar-refractivity contribution in [2.75, 3.05) is 4.90 Å². The zero-order chi connectivity index (χ0) is 22.0. The van der Waals surface area contributed by atoms with Gasteiger partial charge in [0.05, 0.1) is 15.6 Å². The van der Waals surface area contributed by atoms with E-state index in [0.717, 1.165) is 11.8 Å². The summed E-state index contributed by atoms with van der Waals surface area (Å²) in [7, 11) is 0. The molecule has 1 aliphatic rings. The van der Waals surface area contributed by atoms with Crippen LogP contribution in [0.3, 0.4) is 0 Å². The van der Waals surface area contributed by atoms with Crippen LogP contribution in [-0.2, 0) is 11.4 Å². The van der Waals surface area contributed by atoms with Gasteiger partial charge in [-0.1, -0.05) is 72.0 Å². The van der Waals surface area contributed by atoms with Gasteiger partial charge < -0.3 is 4.74 Å². The second-order valence-corrected chi connectivity index (χ2v) is 8.62. The summed E-state index contributed by atoms with van der Waals surface area (Å²) in [5, 5.41) is -0.0950. The maximum atomic E-state index is 13.9. The summed E-state index contributed by atoms with van der Waals surface area (Å²) >= 11 is 12.3. The molecule has 31 heavy (non-hydrogen) atoms. The zero-order valence-corrected chi connectivity index (χ0v) is 18.2. The molecule has 1 saturated heterocycles. The highest BCUT2D eigenvalue weighted by Gasteiger charge is 2.33. The molecule has 0 aliphatic carbocycles. The molecule has 0 radical (unpaired) electrons. The molecule has 8 heteroatoms. The standard InChI is InChI=1S/C23H14ClF2NO2S2/c24-17-12-16(9-10-19(17)26)27-22(28)21(31-23(27)30)11-14-5-2-4-8-20(14)29-13-15-6-1-3-7-18(15)25/h1-12H,13H2/b21-11+. The van der Waals surface area contributed by atoms with Crippen LogP contribution in [-0.4, -0.2) is 10.2 Å². The van der Waals surface area contributed by atoms with Crippen molar-refractivity contribution in [2.24, 2.45) is 0 Å². The summed E-state index contributed by atoms with van der Waals surface area (Å²) in [5.74, 6) is -0.770. The molecule has 0 unspecified atom stereocenters. The van der Waals surface area contributed by atoms with Crippen LogP contribution in [0.25, 0.3) is 6.08 Å². The number of ether oxygens (including phenoxy) is 1. The number of amides is 1. The van der Waals surface area contributed by atoms with Gasteiger partial charge in [-0.2, -0.15) is 0 Å². The van der Waals surface area contributed by atoms with Gasteiger partial charge in [0, 0.05) is 11.1 Å². The van der Waals surface area contributed by atoms with Gasteiger partial charge in [-0.15, -0.1) is 0 Å². The summed E-state index contributed by atoms with van der Waals surface area (Å²) in [6.45, 7) is 0.0482. The summed E-state index contributed by atoms with van der Waals surface area (Å²) in [5.41, 5.74) is 1.47. The van der Waals surface area contributed by atoms with Crippen molar-refractivity contribution < 1.29 is 18.3 Å². The molecule has 3 aromatic carbocycles. The number of carbonyl (C=O) groups is 1. The number of hydrogen-bond acceptors (Lipinski definition) is 4. The molecule has 3 aromatic rings. The van der Waals surface area contributed by atoms with Crippen molar-refractivity contribution in [1.29, 1.82) is 0 Å². The molecule has 1 amide bonds. The lowest BCUT2D eigenvalue weighted by molar-refractivity contribution is -0.113. The lowest BCUT2D eigenvalue weighted by Crippen LogP contribution is -2.27. The van der Waals surface area contributed by atoms with E-state index in [0.29, 0.717) is 31.8 Å². The van der Waals surface area contributed by atoms with Crippen molar-refractivity contribution in [3.8, 4) is 5.75 Å². The molecule has 1 fully saturated rings. The third-order valence-corrected chi connectivity index (χ3v) is 6.09. The van der Waals surface area contributed by atoms with Gasteiger partial charge in [-0.25, -0.2) is 8.78 Å². The highest BCUT2D eigenvalue weighted by molar-refractivity contribution is 8.27. The van der Waals surface area contributed by atoms with Crippen LogP contribution in [0.1, 0.15) is 11.1 Å². The van der Waals surface area contributed by atoms with Gasteiger partial charge in [0.1, 0.15) is 24.0 Å². The molecule has 0 aromatic heterocycles. The summed E-state index contributed by atoms with van der Waals surface area (Å²) in [6, 6.07) is 17.5. The quantitative estimate of drug-likeness (QED) is 0.308. The number of anilines is 1.